The molecule has 2 aliphatic rings. The van der Waals surface area contributed by atoms with Crippen molar-refractivity contribution >= 4 is 23.3 Å². The van der Waals surface area contributed by atoms with Crippen LogP contribution in [-0.2, 0) is 11.2 Å². The van der Waals surface area contributed by atoms with Gasteiger partial charge in [-0.3, -0.25) is 14.9 Å². The summed E-state index contributed by atoms with van der Waals surface area (Å²) in [5.41, 5.74) is 6.44. The van der Waals surface area contributed by atoms with Crippen LogP contribution >= 0.6 is 11.6 Å². The first kappa shape index (κ1) is 32.7. The number of hydrogen-bond acceptors (Lipinski definition) is 7. The third-order valence-corrected chi connectivity index (χ3v) is 7.59. The van der Waals surface area contributed by atoms with Crippen LogP contribution in [0.1, 0.15) is 43.9 Å². The Labute approximate surface area is 254 Å². The average Bonchev–Trinajstić information content (AvgIpc) is 2.96. The number of hydrazone groups is 1. The lowest BCUT2D eigenvalue weighted by atomic mass is 10.1. The van der Waals surface area contributed by atoms with Crippen LogP contribution < -0.4 is 10.5 Å². The second-order valence-electron chi connectivity index (χ2n) is 10.5. The molecule has 4 rings (SSSR count). The molecule has 2 aromatic rings. The van der Waals surface area contributed by atoms with Crippen LogP contribution in [0.25, 0.3) is 0 Å². The first-order valence-corrected chi connectivity index (χ1v) is 14.7. The standard InChI is InChI=1S/C29H38ClF4N7O2/c1-3-36-26(41(23-11-15-42-16-12-23)39(2)38-28(35)29(32,33)34)19-40-13-9-24(10-14-40)43-27-6-4-5-22(37-27)17-20-7-8-21(30)18-25(20)31/h4-8,18,23-24H,3,9-17,19H2,1-2H3,(H2,35,38). The number of nitrogens with two attached hydrogens (primary N) is 1. The van der Waals surface area contributed by atoms with E-state index in [1.807, 2.05) is 19.1 Å². The fraction of sp³-hybridized carbons (Fsp3) is 0.552. The van der Waals surface area contributed by atoms with E-state index in [1.54, 1.807) is 23.2 Å². The molecular weight excluding hydrogens is 590 g/mol. The molecule has 0 saturated carbocycles. The summed E-state index contributed by atoms with van der Waals surface area (Å²) in [7, 11) is 1.46. The van der Waals surface area contributed by atoms with Crippen molar-refractivity contribution in [2.45, 2.75) is 57.3 Å². The fourth-order valence-electron chi connectivity index (χ4n) is 5.22. The van der Waals surface area contributed by atoms with E-state index in [4.69, 9.17) is 26.8 Å². The number of rotatable bonds is 10. The Hall–Kier alpha value is -3.16. The van der Waals surface area contributed by atoms with Gasteiger partial charge in [0.05, 0.1) is 12.6 Å². The Morgan fingerprint density at radius 1 is 1.16 bits per heavy atom. The van der Waals surface area contributed by atoms with Crippen LogP contribution in [0.15, 0.2) is 46.5 Å². The molecule has 0 bridgehead atoms. The first-order chi connectivity index (χ1) is 20.5. The molecule has 0 amide bonds. The predicted molar refractivity (Wildman–Crippen MR) is 158 cm³/mol. The Morgan fingerprint density at radius 3 is 2.53 bits per heavy atom. The van der Waals surface area contributed by atoms with Crippen molar-refractivity contribution < 1.29 is 27.0 Å². The quantitative estimate of drug-likeness (QED) is 0.174. The maximum atomic E-state index is 14.3. The number of hydrogen-bond donors (Lipinski definition) is 1. The van der Waals surface area contributed by atoms with Gasteiger partial charge in [0.1, 0.15) is 17.8 Å². The summed E-state index contributed by atoms with van der Waals surface area (Å²) >= 11 is 5.86. The van der Waals surface area contributed by atoms with Gasteiger partial charge in [-0.25, -0.2) is 14.5 Å². The van der Waals surface area contributed by atoms with E-state index < -0.39 is 12.0 Å². The van der Waals surface area contributed by atoms with Crippen molar-refractivity contribution in [2.75, 3.05) is 46.4 Å². The van der Waals surface area contributed by atoms with Crippen LogP contribution in [0.2, 0.25) is 5.02 Å². The topological polar surface area (TPSA) is 91.8 Å². The molecule has 2 N–H and O–H groups in total. The van der Waals surface area contributed by atoms with E-state index in [0.717, 1.165) is 18.0 Å². The number of amidine groups is 2. The maximum absolute atomic E-state index is 14.3. The van der Waals surface area contributed by atoms with Gasteiger partial charge in [0.15, 0.2) is 0 Å². The summed E-state index contributed by atoms with van der Waals surface area (Å²) in [6.45, 7) is 5.18. The molecule has 1 aromatic heterocycles. The van der Waals surface area contributed by atoms with Crippen molar-refractivity contribution in [2.24, 2.45) is 15.8 Å². The van der Waals surface area contributed by atoms with Gasteiger partial charge < -0.3 is 15.2 Å². The number of aromatic nitrogens is 1. The predicted octanol–water partition coefficient (Wildman–Crippen LogP) is 4.89. The van der Waals surface area contributed by atoms with Crippen molar-refractivity contribution in [3.8, 4) is 5.88 Å². The molecule has 3 heterocycles. The van der Waals surface area contributed by atoms with E-state index in [2.05, 4.69) is 20.0 Å². The number of alkyl halides is 3. The molecule has 0 spiro atoms. The van der Waals surface area contributed by atoms with E-state index >= 15 is 0 Å². The second-order valence-corrected chi connectivity index (χ2v) is 11.0. The maximum Gasteiger partial charge on any atom is 0.450 e. The molecule has 236 valence electrons. The van der Waals surface area contributed by atoms with Crippen molar-refractivity contribution in [1.82, 2.24) is 20.0 Å². The monoisotopic (exact) mass is 627 g/mol. The largest absolute Gasteiger partial charge is 0.474 e. The molecular formula is C29H38ClF4N7O2. The minimum Gasteiger partial charge on any atom is -0.474 e. The van der Waals surface area contributed by atoms with Crippen LogP contribution in [0.4, 0.5) is 17.6 Å². The molecule has 1 aromatic carbocycles. The number of benzene rings is 1. The van der Waals surface area contributed by atoms with Gasteiger partial charge in [0.2, 0.25) is 11.7 Å². The van der Waals surface area contributed by atoms with Gasteiger partial charge in [0.25, 0.3) is 0 Å². The number of aliphatic imine (C=N–C) groups is 1. The third-order valence-electron chi connectivity index (χ3n) is 7.35. The summed E-state index contributed by atoms with van der Waals surface area (Å²) in [5, 5.41) is 6.89. The average molecular weight is 628 g/mol. The highest BCUT2D eigenvalue weighted by atomic mass is 35.5. The zero-order chi connectivity index (χ0) is 31.0. The number of likely N-dealkylation sites (tertiary alicyclic amines) is 1. The lowest BCUT2D eigenvalue weighted by molar-refractivity contribution is -0.0667. The van der Waals surface area contributed by atoms with Gasteiger partial charge in [-0.15, -0.1) is 5.10 Å². The lowest BCUT2D eigenvalue weighted by Gasteiger charge is -2.42. The van der Waals surface area contributed by atoms with Crippen molar-refractivity contribution in [1.29, 1.82) is 0 Å². The Bertz CT molecular complexity index is 1270. The zero-order valence-corrected chi connectivity index (χ0v) is 25.1. The van der Waals surface area contributed by atoms with E-state index in [1.165, 1.54) is 13.1 Å². The number of nitrogens with zero attached hydrogens (tertiary/aromatic N) is 6. The van der Waals surface area contributed by atoms with Crippen LogP contribution in [-0.4, -0.2) is 96.4 Å². The first-order valence-electron chi connectivity index (χ1n) is 14.4. The Balaban J connectivity index is 1.38. The number of pyridine rings is 1. The molecule has 0 radical (unpaired) electrons. The molecule has 2 saturated heterocycles. The highest BCUT2D eigenvalue weighted by molar-refractivity contribution is 6.30. The molecule has 43 heavy (non-hydrogen) atoms. The van der Waals surface area contributed by atoms with Crippen LogP contribution in [0.5, 0.6) is 5.88 Å². The molecule has 2 fully saturated rings. The highest BCUT2D eigenvalue weighted by Gasteiger charge is 2.36. The van der Waals surface area contributed by atoms with Crippen LogP contribution in [0.3, 0.4) is 0 Å². The minimum atomic E-state index is -4.74. The summed E-state index contributed by atoms with van der Waals surface area (Å²) in [5.74, 6) is -0.696. The Morgan fingerprint density at radius 2 is 1.88 bits per heavy atom. The fourth-order valence-corrected chi connectivity index (χ4v) is 5.38. The summed E-state index contributed by atoms with van der Waals surface area (Å²) in [4.78, 5) is 11.5. The lowest BCUT2D eigenvalue weighted by Crippen LogP contribution is -2.55. The number of halogens is 5. The van der Waals surface area contributed by atoms with Gasteiger partial charge in [-0.1, -0.05) is 23.7 Å². The minimum absolute atomic E-state index is 0.0664. The normalized spacial score (nSPS) is 18.1. The molecule has 0 unspecified atom stereocenters. The SMILES string of the molecule is CCN=C(CN1CCC(Oc2cccc(Cc3ccc(Cl)cc3F)n2)CC1)N(C1CCOCC1)N(C)/N=C(\N)C(F)(F)F. The molecule has 0 aliphatic carbocycles. The second kappa shape index (κ2) is 15.0. The molecule has 14 heteroatoms. The summed E-state index contributed by atoms with van der Waals surface area (Å²) in [6, 6.07) is 9.90. The number of hydrazine groups is 1. The smallest absolute Gasteiger partial charge is 0.450 e. The Kier molecular flexibility index (Phi) is 11.4. The highest BCUT2D eigenvalue weighted by Crippen LogP contribution is 2.23. The molecule has 9 nitrogen and oxygen atoms in total. The van der Waals surface area contributed by atoms with Gasteiger partial charge >= 0.3 is 6.18 Å². The van der Waals surface area contributed by atoms with Crippen molar-refractivity contribution in [3.63, 3.8) is 0 Å². The van der Waals surface area contributed by atoms with E-state index in [-0.39, 0.29) is 18.0 Å². The molecule has 2 aliphatic heterocycles. The van der Waals surface area contributed by atoms with Crippen LogP contribution in [0, 0.1) is 5.82 Å². The van der Waals surface area contributed by atoms with Gasteiger partial charge in [-0.2, -0.15) is 13.2 Å². The number of ether oxygens (including phenoxy) is 2. The van der Waals surface area contributed by atoms with Gasteiger partial charge in [-0.05, 0) is 56.4 Å². The van der Waals surface area contributed by atoms with E-state index in [9.17, 15) is 17.6 Å². The number of piperidine rings is 1. The van der Waals surface area contributed by atoms with Crippen molar-refractivity contribution in [3.05, 3.63) is 58.5 Å². The molecule has 0 atom stereocenters. The third kappa shape index (κ3) is 9.41. The zero-order valence-electron chi connectivity index (χ0n) is 24.4. The van der Waals surface area contributed by atoms with Gasteiger partial charge in [0, 0.05) is 63.1 Å². The van der Waals surface area contributed by atoms with E-state index in [0.29, 0.717) is 86.7 Å². The summed E-state index contributed by atoms with van der Waals surface area (Å²) < 4.78 is 65.5. The summed E-state index contributed by atoms with van der Waals surface area (Å²) in [6.07, 6.45) is -1.78.